The van der Waals surface area contributed by atoms with Crippen molar-refractivity contribution in [1.29, 1.82) is 0 Å². The third-order valence-corrected chi connectivity index (χ3v) is 4.10. The van der Waals surface area contributed by atoms with Crippen LogP contribution in [0.1, 0.15) is 10.5 Å². The Balaban J connectivity index is 1.69. The molecule has 0 aliphatic heterocycles. The number of H-pyrrole nitrogens is 1. The Labute approximate surface area is 152 Å². The fourth-order valence-electron chi connectivity index (χ4n) is 2.60. The van der Waals surface area contributed by atoms with Crippen molar-refractivity contribution in [3.8, 4) is 17.0 Å². The van der Waals surface area contributed by atoms with E-state index in [1.165, 1.54) is 19.6 Å². The Hall–Kier alpha value is -3.39. The van der Waals surface area contributed by atoms with E-state index < -0.39 is 5.91 Å². The number of ether oxygens (including phenoxy) is 1. The largest absolute Gasteiger partial charge is 0.493 e. The highest BCUT2D eigenvalue weighted by atomic mass is 35.5. The molecular formula is C17H12ClN5O3. The van der Waals surface area contributed by atoms with E-state index in [2.05, 4.69) is 25.7 Å². The summed E-state index contributed by atoms with van der Waals surface area (Å²) in [6, 6.07) is 6.93. The maximum Gasteiger partial charge on any atom is 0.278 e. The van der Waals surface area contributed by atoms with Gasteiger partial charge >= 0.3 is 0 Å². The number of pyridine rings is 1. The number of anilines is 1. The van der Waals surface area contributed by atoms with Crippen molar-refractivity contribution in [3.63, 3.8) is 0 Å². The standard InChI is InChI=1S/C17H12ClN5O3/c1-25-16-12(18)4-5-19-15(16)17(24)21-10-2-3-13-11(6-10)14(23-22-13)9-7-20-26-8-9/h2-8H,1H3,(H,21,24)(H,22,23). The monoisotopic (exact) mass is 369 g/mol. The highest BCUT2D eigenvalue weighted by molar-refractivity contribution is 6.32. The summed E-state index contributed by atoms with van der Waals surface area (Å²) in [5.74, 6) is -0.208. The average molecular weight is 370 g/mol. The van der Waals surface area contributed by atoms with Crippen LogP contribution in [-0.2, 0) is 0 Å². The van der Waals surface area contributed by atoms with Crippen molar-refractivity contribution in [3.05, 3.63) is 53.6 Å². The molecule has 26 heavy (non-hydrogen) atoms. The zero-order valence-corrected chi connectivity index (χ0v) is 14.2. The Bertz CT molecular complexity index is 1090. The highest BCUT2D eigenvalue weighted by Gasteiger charge is 2.18. The van der Waals surface area contributed by atoms with Gasteiger partial charge in [0.1, 0.15) is 12.0 Å². The van der Waals surface area contributed by atoms with Gasteiger partial charge in [0.2, 0.25) is 0 Å². The molecule has 0 radical (unpaired) electrons. The molecule has 0 spiro atoms. The molecule has 0 unspecified atom stereocenters. The number of nitrogens with one attached hydrogen (secondary N) is 2. The molecule has 9 heteroatoms. The van der Waals surface area contributed by atoms with Gasteiger partial charge in [-0.25, -0.2) is 4.98 Å². The van der Waals surface area contributed by atoms with Gasteiger partial charge in [-0.05, 0) is 24.3 Å². The first-order chi connectivity index (χ1) is 12.7. The van der Waals surface area contributed by atoms with Crippen LogP contribution in [0.15, 0.2) is 47.4 Å². The lowest BCUT2D eigenvalue weighted by molar-refractivity contribution is 0.101. The second kappa shape index (κ2) is 6.49. The summed E-state index contributed by atoms with van der Waals surface area (Å²) in [7, 11) is 1.43. The van der Waals surface area contributed by atoms with Crippen LogP contribution in [0.4, 0.5) is 5.69 Å². The van der Waals surface area contributed by atoms with E-state index in [1.54, 1.807) is 24.4 Å². The van der Waals surface area contributed by atoms with Crippen molar-refractivity contribution in [2.45, 2.75) is 0 Å². The SMILES string of the molecule is COc1c(Cl)ccnc1C(=O)Nc1ccc2[nH]nc(-c3cnoc3)c2c1. The minimum absolute atomic E-state index is 0.103. The Kier molecular flexibility index (Phi) is 4.02. The minimum Gasteiger partial charge on any atom is -0.493 e. The second-order valence-electron chi connectivity index (χ2n) is 5.37. The van der Waals surface area contributed by atoms with E-state index in [1.807, 2.05) is 6.07 Å². The number of amides is 1. The number of halogens is 1. The van der Waals surface area contributed by atoms with Gasteiger partial charge in [-0.2, -0.15) is 5.10 Å². The predicted molar refractivity (Wildman–Crippen MR) is 95.3 cm³/mol. The van der Waals surface area contributed by atoms with E-state index in [9.17, 15) is 4.79 Å². The highest BCUT2D eigenvalue weighted by Crippen LogP contribution is 2.30. The van der Waals surface area contributed by atoms with Crippen molar-refractivity contribution in [2.75, 3.05) is 12.4 Å². The Morgan fingerprint density at radius 1 is 1.35 bits per heavy atom. The smallest absolute Gasteiger partial charge is 0.278 e. The molecule has 3 aromatic heterocycles. The summed E-state index contributed by atoms with van der Waals surface area (Å²) in [5.41, 5.74) is 2.91. The Morgan fingerprint density at radius 3 is 3.00 bits per heavy atom. The number of rotatable bonds is 4. The maximum atomic E-state index is 12.6. The molecule has 0 bridgehead atoms. The van der Waals surface area contributed by atoms with Gasteiger partial charge in [-0.15, -0.1) is 0 Å². The first kappa shape index (κ1) is 16.1. The number of carbonyl (C=O) groups is 1. The summed E-state index contributed by atoms with van der Waals surface area (Å²) in [6.07, 6.45) is 4.52. The summed E-state index contributed by atoms with van der Waals surface area (Å²) >= 11 is 6.05. The fraction of sp³-hybridized carbons (Fsp3) is 0.0588. The number of nitrogens with zero attached hydrogens (tertiary/aromatic N) is 3. The summed E-state index contributed by atoms with van der Waals surface area (Å²) in [4.78, 5) is 16.6. The number of hydrogen-bond donors (Lipinski definition) is 2. The lowest BCUT2D eigenvalue weighted by atomic mass is 10.1. The van der Waals surface area contributed by atoms with Crippen molar-refractivity contribution < 1.29 is 14.1 Å². The van der Waals surface area contributed by atoms with E-state index in [4.69, 9.17) is 20.9 Å². The van der Waals surface area contributed by atoms with Crippen LogP contribution in [0.2, 0.25) is 5.02 Å². The molecule has 0 saturated heterocycles. The topological polar surface area (TPSA) is 106 Å². The number of benzene rings is 1. The van der Waals surface area contributed by atoms with Crippen LogP contribution in [-0.4, -0.2) is 33.4 Å². The molecule has 0 aliphatic rings. The van der Waals surface area contributed by atoms with E-state index in [0.717, 1.165) is 16.5 Å². The number of fused-ring (bicyclic) bond motifs is 1. The first-order valence-electron chi connectivity index (χ1n) is 7.55. The Morgan fingerprint density at radius 2 is 2.23 bits per heavy atom. The molecule has 1 aromatic carbocycles. The zero-order chi connectivity index (χ0) is 18.1. The normalized spacial score (nSPS) is 10.8. The quantitative estimate of drug-likeness (QED) is 0.570. The molecular weight excluding hydrogens is 358 g/mol. The predicted octanol–water partition coefficient (Wildman–Crippen LogP) is 3.53. The van der Waals surface area contributed by atoms with Crippen molar-refractivity contribution in [1.82, 2.24) is 20.3 Å². The van der Waals surface area contributed by atoms with Gasteiger partial charge < -0.3 is 14.6 Å². The molecule has 4 rings (SSSR count). The molecule has 0 saturated carbocycles. The van der Waals surface area contributed by atoms with Crippen LogP contribution < -0.4 is 10.1 Å². The van der Waals surface area contributed by atoms with E-state index in [-0.39, 0.29) is 11.4 Å². The summed E-state index contributed by atoms with van der Waals surface area (Å²) < 4.78 is 10.0. The number of hydrogen-bond acceptors (Lipinski definition) is 6. The van der Waals surface area contributed by atoms with Gasteiger partial charge in [-0.1, -0.05) is 16.8 Å². The lowest BCUT2D eigenvalue weighted by Crippen LogP contribution is -2.15. The molecule has 0 atom stereocenters. The van der Waals surface area contributed by atoms with Crippen molar-refractivity contribution >= 4 is 34.1 Å². The van der Waals surface area contributed by atoms with Crippen LogP contribution >= 0.6 is 11.6 Å². The minimum atomic E-state index is -0.432. The fourth-order valence-corrected chi connectivity index (χ4v) is 2.83. The number of carbonyl (C=O) groups excluding carboxylic acids is 1. The van der Waals surface area contributed by atoms with Crippen LogP contribution in [0.5, 0.6) is 5.75 Å². The summed E-state index contributed by atoms with van der Waals surface area (Å²) in [5, 5.41) is 14.8. The zero-order valence-electron chi connectivity index (χ0n) is 13.5. The third-order valence-electron chi connectivity index (χ3n) is 3.80. The number of aromatic amines is 1. The number of methoxy groups -OCH3 is 1. The van der Waals surface area contributed by atoms with E-state index in [0.29, 0.717) is 16.4 Å². The van der Waals surface area contributed by atoms with E-state index >= 15 is 0 Å². The molecule has 130 valence electrons. The first-order valence-corrected chi connectivity index (χ1v) is 7.93. The molecule has 8 nitrogen and oxygen atoms in total. The molecule has 0 aliphatic carbocycles. The molecule has 3 heterocycles. The second-order valence-corrected chi connectivity index (χ2v) is 5.78. The maximum absolute atomic E-state index is 12.6. The van der Waals surface area contributed by atoms with Gasteiger partial charge in [0.25, 0.3) is 5.91 Å². The van der Waals surface area contributed by atoms with Gasteiger partial charge in [0, 0.05) is 17.3 Å². The van der Waals surface area contributed by atoms with Crippen LogP contribution in [0.25, 0.3) is 22.2 Å². The molecule has 2 N–H and O–H groups in total. The van der Waals surface area contributed by atoms with Crippen molar-refractivity contribution in [2.24, 2.45) is 0 Å². The number of aromatic nitrogens is 4. The van der Waals surface area contributed by atoms with Gasteiger partial charge in [-0.3, -0.25) is 9.89 Å². The average Bonchev–Trinajstić information content (AvgIpc) is 3.30. The van der Waals surface area contributed by atoms with Crippen LogP contribution in [0.3, 0.4) is 0 Å². The third kappa shape index (κ3) is 2.76. The van der Waals surface area contributed by atoms with Crippen LogP contribution in [0, 0.1) is 0 Å². The lowest BCUT2D eigenvalue weighted by Gasteiger charge is -2.09. The molecule has 0 fully saturated rings. The molecule has 1 amide bonds. The summed E-state index contributed by atoms with van der Waals surface area (Å²) in [6.45, 7) is 0. The molecule has 4 aromatic rings. The van der Waals surface area contributed by atoms with Gasteiger partial charge in [0.15, 0.2) is 11.4 Å². The van der Waals surface area contributed by atoms with Gasteiger partial charge in [0.05, 0.1) is 29.4 Å².